The van der Waals surface area contributed by atoms with E-state index in [2.05, 4.69) is 15.5 Å². The maximum absolute atomic E-state index is 5.82. The number of anilines is 2. The number of hydrogen-bond donors (Lipinski definition) is 2. The number of rotatable bonds is 7. The molecule has 6 rings (SSSR count). The number of aromatic nitrogens is 7. The Morgan fingerprint density at radius 1 is 0.622 bits per heavy atom. The molecule has 0 saturated carbocycles. The number of hydrogen-bond acceptors (Lipinski definition) is 7. The van der Waals surface area contributed by atoms with E-state index < -0.39 is 0 Å². The molecule has 9 heteroatoms. The van der Waals surface area contributed by atoms with Gasteiger partial charge in [-0.1, -0.05) is 12.1 Å². The minimum absolute atomic E-state index is 0.490. The Morgan fingerprint density at radius 2 is 1.14 bits per heavy atom. The second-order valence-electron chi connectivity index (χ2n) is 8.40. The molecular weight excluding hydrogens is 462 g/mol. The van der Waals surface area contributed by atoms with Crippen molar-refractivity contribution in [1.29, 1.82) is 0 Å². The van der Waals surface area contributed by atoms with Crippen molar-refractivity contribution >= 4 is 11.6 Å². The normalized spacial score (nSPS) is 10.9. The fraction of sp³-hybridized carbons (Fsp3) is 0.0357. The fourth-order valence-corrected chi connectivity index (χ4v) is 3.90. The van der Waals surface area contributed by atoms with Gasteiger partial charge in [-0.15, -0.1) is 0 Å². The van der Waals surface area contributed by atoms with Crippen molar-refractivity contribution in [3.63, 3.8) is 0 Å². The predicted octanol–water partition coefficient (Wildman–Crippen LogP) is 4.77. The van der Waals surface area contributed by atoms with Gasteiger partial charge in [0.15, 0.2) is 11.6 Å². The Balaban J connectivity index is 1.34. The van der Waals surface area contributed by atoms with Crippen LogP contribution < -0.4 is 11.1 Å². The van der Waals surface area contributed by atoms with E-state index in [9.17, 15) is 0 Å². The third-order valence-corrected chi connectivity index (χ3v) is 5.85. The number of nitrogens with one attached hydrogen (secondary N) is 1. The second kappa shape index (κ2) is 9.74. The summed E-state index contributed by atoms with van der Waals surface area (Å²) in [6.07, 6.45) is 7.32. The molecule has 37 heavy (non-hydrogen) atoms. The Bertz CT molecular complexity index is 1490. The number of nitrogens with zero attached hydrogens (tertiary/aromatic N) is 7. The van der Waals surface area contributed by atoms with Crippen LogP contribution in [0.3, 0.4) is 0 Å². The molecule has 9 nitrogen and oxygen atoms in total. The maximum atomic E-state index is 5.82. The lowest BCUT2D eigenvalue weighted by Gasteiger charge is -2.11. The molecule has 0 fully saturated rings. The molecule has 0 spiro atoms. The van der Waals surface area contributed by atoms with E-state index in [0.717, 1.165) is 33.8 Å². The van der Waals surface area contributed by atoms with Gasteiger partial charge in [-0.3, -0.25) is 0 Å². The molecule has 0 aliphatic rings. The molecule has 0 bridgehead atoms. The van der Waals surface area contributed by atoms with Crippen LogP contribution in [0, 0.1) is 0 Å². The molecule has 0 aliphatic heterocycles. The predicted molar refractivity (Wildman–Crippen MR) is 143 cm³/mol. The molecule has 0 saturated heterocycles. The van der Waals surface area contributed by atoms with Crippen molar-refractivity contribution in [3.05, 3.63) is 115 Å². The van der Waals surface area contributed by atoms with Crippen LogP contribution in [0.2, 0.25) is 0 Å². The van der Waals surface area contributed by atoms with Gasteiger partial charge in [-0.2, -0.15) is 20.2 Å². The highest BCUT2D eigenvalue weighted by Gasteiger charge is 2.12. The van der Waals surface area contributed by atoms with Crippen molar-refractivity contribution in [1.82, 2.24) is 34.5 Å². The van der Waals surface area contributed by atoms with Crippen LogP contribution in [0.15, 0.2) is 110 Å². The van der Waals surface area contributed by atoms with Crippen LogP contribution in [0.4, 0.5) is 11.6 Å². The molecule has 0 radical (unpaired) electrons. The summed E-state index contributed by atoms with van der Waals surface area (Å²) in [7, 11) is 0. The van der Waals surface area contributed by atoms with Gasteiger partial charge in [-0.05, 0) is 78.4 Å². The summed E-state index contributed by atoms with van der Waals surface area (Å²) >= 11 is 0. The van der Waals surface area contributed by atoms with Crippen LogP contribution in [-0.2, 0) is 6.54 Å². The average molecular weight is 486 g/mol. The Hall–Kier alpha value is -5.31. The summed E-state index contributed by atoms with van der Waals surface area (Å²) in [6.45, 7) is 0.555. The van der Waals surface area contributed by atoms with Crippen LogP contribution in [-0.4, -0.2) is 34.5 Å². The average Bonchev–Trinajstić information content (AvgIpc) is 3.68. The third-order valence-electron chi connectivity index (χ3n) is 5.85. The van der Waals surface area contributed by atoms with Crippen LogP contribution in [0.1, 0.15) is 5.56 Å². The molecule has 0 unspecified atom stereocenters. The van der Waals surface area contributed by atoms with Crippen molar-refractivity contribution in [2.24, 2.45) is 0 Å². The van der Waals surface area contributed by atoms with Gasteiger partial charge in [0, 0.05) is 48.1 Å². The van der Waals surface area contributed by atoms with Gasteiger partial charge in [0.1, 0.15) is 0 Å². The van der Waals surface area contributed by atoms with E-state index in [1.165, 1.54) is 0 Å². The second-order valence-corrected chi connectivity index (χ2v) is 8.40. The van der Waals surface area contributed by atoms with E-state index in [1.54, 1.807) is 12.4 Å². The monoisotopic (exact) mass is 485 g/mol. The lowest BCUT2D eigenvalue weighted by Crippen LogP contribution is -2.07. The Kier molecular flexibility index (Phi) is 5.84. The van der Waals surface area contributed by atoms with E-state index >= 15 is 0 Å². The molecule has 3 heterocycles. The highest BCUT2D eigenvalue weighted by atomic mass is 15.3. The molecule has 0 amide bonds. The lowest BCUT2D eigenvalue weighted by molar-refractivity contribution is 0.880. The van der Waals surface area contributed by atoms with E-state index in [4.69, 9.17) is 20.7 Å². The lowest BCUT2D eigenvalue weighted by atomic mass is 10.1. The first-order valence-corrected chi connectivity index (χ1v) is 11.8. The summed E-state index contributed by atoms with van der Waals surface area (Å²) in [6, 6.07) is 27.4. The maximum Gasteiger partial charge on any atom is 0.227 e. The Labute approximate surface area is 213 Å². The molecule has 0 aliphatic carbocycles. The molecule has 180 valence electrons. The molecule has 3 aromatic heterocycles. The Morgan fingerprint density at radius 3 is 1.59 bits per heavy atom. The van der Waals surface area contributed by atoms with Crippen molar-refractivity contribution in [2.75, 3.05) is 11.1 Å². The van der Waals surface area contributed by atoms with Crippen molar-refractivity contribution < 1.29 is 0 Å². The van der Waals surface area contributed by atoms with E-state index in [-0.39, 0.29) is 0 Å². The molecule has 0 atom stereocenters. The van der Waals surface area contributed by atoms with Gasteiger partial charge in [0.2, 0.25) is 5.95 Å². The van der Waals surface area contributed by atoms with Crippen LogP contribution in [0.25, 0.3) is 34.2 Å². The SMILES string of the molecule is Nc1ccc(CNc2nc(-c3ccc(-n4cccn4)cc3)nc(-c3ccc(-n4cccn4)cc3)n2)cc1. The van der Waals surface area contributed by atoms with Crippen LogP contribution in [0.5, 0.6) is 0 Å². The van der Waals surface area contributed by atoms with Gasteiger partial charge in [-0.25, -0.2) is 14.3 Å². The van der Waals surface area contributed by atoms with Gasteiger partial charge >= 0.3 is 0 Å². The molecule has 3 aromatic carbocycles. The first-order chi connectivity index (χ1) is 18.2. The number of nitrogen functional groups attached to an aromatic ring is 1. The molecule has 6 aromatic rings. The fourth-order valence-electron chi connectivity index (χ4n) is 3.90. The zero-order valence-corrected chi connectivity index (χ0v) is 19.8. The van der Waals surface area contributed by atoms with Gasteiger partial charge < -0.3 is 11.1 Å². The number of nitrogens with two attached hydrogens (primary N) is 1. The van der Waals surface area contributed by atoms with E-state index in [1.807, 2.05) is 107 Å². The smallest absolute Gasteiger partial charge is 0.227 e. The standard InChI is InChI=1S/C28H23N9/c29-23-9-3-20(4-10-23)19-30-28-34-26(21-5-11-24(12-6-21)36-17-1-15-31-36)33-27(35-28)22-7-13-25(14-8-22)37-18-2-16-32-37/h1-18H,19,29H2,(H,30,33,34,35). The highest BCUT2D eigenvalue weighted by molar-refractivity contribution is 5.64. The van der Waals surface area contributed by atoms with Gasteiger partial charge in [0.05, 0.1) is 11.4 Å². The summed E-state index contributed by atoms with van der Waals surface area (Å²) in [5, 5.41) is 11.9. The highest BCUT2D eigenvalue weighted by Crippen LogP contribution is 2.24. The topological polar surface area (TPSA) is 112 Å². The van der Waals surface area contributed by atoms with Crippen molar-refractivity contribution in [3.8, 4) is 34.2 Å². The summed E-state index contributed by atoms with van der Waals surface area (Å²) < 4.78 is 3.62. The summed E-state index contributed by atoms with van der Waals surface area (Å²) in [5.74, 6) is 1.64. The van der Waals surface area contributed by atoms with Crippen LogP contribution >= 0.6 is 0 Å². The summed E-state index contributed by atoms with van der Waals surface area (Å²) in [4.78, 5) is 14.2. The minimum Gasteiger partial charge on any atom is -0.399 e. The summed E-state index contributed by atoms with van der Waals surface area (Å²) in [5.41, 5.74) is 11.3. The van der Waals surface area contributed by atoms with Gasteiger partial charge in [0.25, 0.3) is 0 Å². The minimum atomic E-state index is 0.490. The zero-order chi connectivity index (χ0) is 25.0. The van der Waals surface area contributed by atoms with E-state index in [0.29, 0.717) is 24.1 Å². The third kappa shape index (κ3) is 4.92. The molecular formula is C28H23N9. The largest absolute Gasteiger partial charge is 0.399 e. The first kappa shape index (κ1) is 22.2. The van der Waals surface area contributed by atoms with Crippen molar-refractivity contribution in [2.45, 2.75) is 6.54 Å². The number of benzene rings is 3. The molecule has 3 N–H and O–H groups in total. The quantitative estimate of drug-likeness (QED) is 0.313. The first-order valence-electron chi connectivity index (χ1n) is 11.8. The zero-order valence-electron chi connectivity index (χ0n) is 19.8.